The normalized spacial score (nSPS) is 21.7. The van der Waals surface area contributed by atoms with E-state index in [1.165, 1.54) is 0 Å². The van der Waals surface area contributed by atoms with Crippen molar-refractivity contribution < 1.29 is 14.3 Å². The van der Waals surface area contributed by atoms with Crippen LogP contribution in [0.5, 0.6) is 11.5 Å². The van der Waals surface area contributed by atoms with E-state index in [9.17, 15) is 10.1 Å². The number of rotatable bonds is 3. The number of allylic oxidation sites excluding steroid dienone is 4. The molecule has 0 aromatic heterocycles. The first-order valence-electron chi connectivity index (χ1n) is 8.67. The molecular formula is C21H24N2O3. The number of benzene rings is 1. The number of carbonyl (C=O) groups excluding carboxylic acids is 1. The Balaban J connectivity index is 2.18. The maximum Gasteiger partial charge on any atom is 0.162 e. The summed E-state index contributed by atoms with van der Waals surface area (Å²) in [7, 11) is 3.16. The third-order valence-corrected chi connectivity index (χ3v) is 5.10. The van der Waals surface area contributed by atoms with Gasteiger partial charge in [-0.1, -0.05) is 19.9 Å². The first-order valence-corrected chi connectivity index (χ1v) is 8.67. The third kappa shape index (κ3) is 2.96. The van der Waals surface area contributed by atoms with E-state index in [1.807, 2.05) is 25.1 Å². The lowest BCUT2D eigenvalue weighted by Crippen LogP contribution is -2.36. The minimum Gasteiger partial charge on any atom is -0.493 e. The fraction of sp³-hybridized carbons (Fsp3) is 0.429. The van der Waals surface area contributed by atoms with Gasteiger partial charge in [0.25, 0.3) is 0 Å². The molecule has 1 N–H and O–H groups in total. The maximum atomic E-state index is 13.0. The Morgan fingerprint density at radius 2 is 1.88 bits per heavy atom. The third-order valence-electron chi connectivity index (χ3n) is 5.10. The minimum atomic E-state index is -0.375. The number of methoxy groups -OCH3 is 2. The molecule has 1 unspecified atom stereocenters. The summed E-state index contributed by atoms with van der Waals surface area (Å²) in [5, 5.41) is 13.1. The van der Waals surface area contributed by atoms with Crippen LogP contribution in [0.4, 0.5) is 0 Å². The highest BCUT2D eigenvalue weighted by molar-refractivity contribution is 6.00. The zero-order valence-corrected chi connectivity index (χ0v) is 15.9. The van der Waals surface area contributed by atoms with Crippen LogP contribution >= 0.6 is 0 Å². The lowest BCUT2D eigenvalue weighted by Gasteiger charge is -2.38. The molecule has 0 amide bonds. The number of nitrogens with zero attached hydrogens (tertiary/aromatic N) is 1. The van der Waals surface area contributed by atoms with Crippen molar-refractivity contribution >= 4 is 5.78 Å². The SMILES string of the molecule is COc1ccc(C2C(C#N)=C(C)NC3=C2C(=O)CC(C)(C)C3)cc1OC. The van der Waals surface area contributed by atoms with Crippen LogP contribution in [0.1, 0.15) is 45.1 Å². The van der Waals surface area contributed by atoms with Gasteiger partial charge in [-0.15, -0.1) is 0 Å². The number of nitrogens with one attached hydrogen (secondary N) is 1. The monoisotopic (exact) mass is 352 g/mol. The van der Waals surface area contributed by atoms with E-state index in [-0.39, 0.29) is 17.1 Å². The number of hydrogen-bond acceptors (Lipinski definition) is 5. The van der Waals surface area contributed by atoms with E-state index < -0.39 is 0 Å². The number of hydrogen-bond donors (Lipinski definition) is 1. The number of nitriles is 1. The topological polar surface area (TPSA) is 71.3 Å². The van der Waals surface area contributed by atoms with Gasteiger partial charge in [-0.05, 0) is 36.5 Å². The Kier molecular flexibility index (Phi) is 4.53. The Hall–Kier alpha value is -2.74. The molecular weight excluding hydrogens is 328 g/mol. The summed E-state index contributed by atoms with van der Waals surface area (Å²) in [6, 6.07) is 7.88. The van der Waals surface area contributed by atoms with Crippen LogP contribution in [0.25, 0.3) is 0 Å². The van der Waals surface area contributed by atoms with Gasteiger partial charge in [0.2, 0.25) is 0 Å². The molecule has 0 bridgehead atoms. The molecule has 5 heteroatoms. The van der Waals surface area contributed by atoms with Gasteiger partial charge in [0.1, 0.15) is 0 Å². The summed E-state index contributed by atoms with van der Waals surface area (Å²) in [4.78, 5) is 13.0. The van der Waals surface area contributed by atoms with Crippen molar-refractivity contribution in [3.8, 4) is 17.6 Å². The second-order valence-electron chi connectivity index (χ2n) is 7.66. The van der Waals surface area contributed by atoms with Crippen LogP contribution in [-0.2, 0) is 4.79 Å². The van der Waals surface area contributed by atoms with Crippen LogP contribution in [0.2, 0.25) is 0 Å². The van der Waals surface area contributed by atoms with Gasteiger partial charge in [0.15, 0.2) is 17.3 Å². The lowest BCUT2D eigenvalue weighted by atomic mass is 9.69. The van der Waals surface area contributed by atoms with E-state index in [0.717, 1.165) is 23.4 Å². The van der Waals surface area contributed by atoms with Crippen molar-refractivity contribution in [2.24, 2.45) is 5.41 Å². The van der Waals surface area contributed by atoms with Crippen LogP contribution in [0.15, 0.2) is 40.7 Å². The number of carbonyl (C=O) groups is 1. The predicted octanol–water partition coefficient (Wildman–Crippen LogP) is 3.83. The van der Waals surface area contributed by atoms with Gasteiger partial charge in [0.05, 0.1) is 31.8 Å². The largest absolute Gasteiger partial charge is 0.493 e. The highest BCUT2D eigenvalue weighted by atomic mass is 16.5. The molecule has 0 saturated carbocycles. The quantitative estimate of drug-likeness (QED) is 0.895. The molecule has 0 saturated heterocycles. The van der Waals surface area contributed by atoms with Crippen molar-refractivity contribution in [1.29, 1.82) is 5.26 Å². The summed E-state index contributed by atoms with van der Waals surface area (Å²) < 4.78 is 10.7. The second-order valence-corrected chi connectivity index (χ2v) is 7.66. The number of Topliss-reactive ketones (excluding diaryl/α,β-unsaturated/α-hetero) is 1. The molecule has 1 aliphatic heterocycles. The Labute approximate surface area is 154 Å². The van der Waals surface area contributed by atoms with E-state index in [1.54, 1.807) is 14.2 Å². The molecule has 1 atom stereocenters. The molecule has 0 radical (unpaired) electrons. The minimum absolute atomic E-state index is 0.0878. The van der Waals surface area contributed by atoms with E-state index in [0.29, 0.717) is 29.1 Å². The van der Waals surface area contributed by atoms with Gasteiger partial charge in [-0.2, -0.15) is 5.26 Å². The Bertz CT molecular complexity index is 872. The average Bonchev–Trinajstić information content (AvgIpc) is 2.58. The van der Waals surface area contributed by atoms with Gasteiger partial charge in [-0.3, -0.25) is 4.79 Å². The average molecular weight is 352 g/mol. The Morgan fingerprint density at radius 1 is 1.19 bits per heavy atom. The second kappa shape index (κ2) is 6.53. The van der Waals surface area contributed by atoms with Crippen LogP contribution < -0.4 is 14.8 Å². The van der Waals surface area contributed by atoms with Crippen molar-refractivity contribution in [3.63, 3.8) is 0 Å². The number of dihydropyridines is 1. The molecule has 2 aliphatic rings. The standard InChI is InChI=1S/C21H24N2O3/c1-12-14(11-22)19(13-6-7-17(25-4)18(8-13)26-5)20-15(23-12)9-21(2,3)10-16(20)24/h6-8,19,23H,9-10H2,1-5H3. The summed E-state index contributed by atoms with van der Waals surface area (Å²) in [5.74, 6) is 0.933. The smallest absolute Gasteiger partial charge is 0.162 e. The van der Waals surface area contributed by atoms with Gasteiger partial charge in [-0.25, -0.2) is 0 Å². The van der Waals surface area contributed by atoms with E-state index >= 15 is 0 Å². The van der Waals surface area contributed by atoms with Crippen LogP contribution in [0, 0.1) is 16.7 Å². The Morgan fingerprint density at radius 3 is 2.50 bits per heavy atom. The predicted molar refractivity (Wildman–Crippen MR) is 98.8 cm³/mol. The first-order chi connectivity index (χ1) is 12.3. The summed E-state index contributed by atoms with van der Waals surface area (Å²) in [6.45, 7) is 6.09. The van der Waals surface area contributed by atoms with E-state index in [2.05, 4.69) is 25.2 Å². The molecule has 3 rings (SSSR count). The lowest BCUT2D eigenvalue weighted by molar-refractivity contribution is -0.118. The zero-order chi connectivity index (χ0) is 19.1. The molecule has 1 aliphatic carbocycles. The van der Waals surface area contributed by atoms with Gasteiger partial charge in [0, 0.05) is 23.4 Å². The number of ketones is 1. The summed E-state index contributed by atoms with van der Waals surface area (Å²) in [6.07, 6.45) is 1.27. The van der Waals surface area contributed by atoms with Crippen molar-refractivity contribution in [2.75, 3.05) is 14.2 Å². The van der Waals surface area contributed by atoms with Crippen LogP contribution in [0.3, 0.4) is 0 Å². The first kappa shape index (κ1) is 18.1. The van der Waals surface area contributed by atoms with Crippen molar-refractivity contribution in [3.05, 3.63) is 46.3 Å². The molecule has 5 nitrogen and oxygen atoms in total. The van der Waals surface area contributed by atoms with Crippen molar-refractivity contribution in [1.82, 2.24) is 5.32 Å². The zero-order valence-electron chi connectivity index (χ0n) is 15.9. The molecule has 1 aromatic rings. The molecule has 0 fully saturated rings. The molecule has 1 aromatic carbocycles. The fourth-order valence-electron chi connectivity index (χ4n) is 3.95. The summed E-state index contributed by atoms with van der Waals surface area (Å²) >= 11 is 0. The highest BCUT2D eigenvalue weighted by Gasteiger charge is 2.41. The maximum absolute atomic E-state index is 13.0. The fourth-order valence-corrected chi connectivity index (χ4v) is 3.95. The number of ether oxygens (including phenoxy) is 2. The molecule has 136 valence electrons. The highest BCUT2D eigenvalue weighted by Crippen LogP contribution is 2.47. The van der Waals surface area contributed by atoms with E-state index in [4.69, 9.17) is 9.47 Å². The summed E-state index contributed by atoms with van der Waals surface area (Å²) in [5.41, 5.74) is 3.79. The molecule has 1 heterocycles. The van der Waals surface area contributed by atoms with Crippen LogP contribution in [-0.4, -0.2) is 20.0 Å². The molecule has 0 spiro atoms. The van der Waals surface area contributed by atoms with Gasteiger partial charge >= 0.3 is 0 Å². The molecule has 26 heavy (non-hydrogen) atoms. The van der Waals surface area contributed by atoms with Gasteiger partial charge < -0.3 is 14.8 Å². The van der Waals surface area contributed by atoms with Crippen molar-refractivity contribution in [2.45, 2.75) is 39.5 Å².